The summed E-state index contributed by atoms with van der Waals surface area (Å²) in [4.78, 5) is 25.0. The van der Waals surface area contributed by atoms with Crippen molar-refractivity contribution in [2.75, 3.05) is 38.2 Å². The van der Waals surface area contributed by atoms with Gasteiger partial charge in [-0.05, 0) is 29.8 Å². The molecule has 2 aromatic carbocycles. The summed E-state index contributed by atoms with van der Waals surface area (Å²) in [5, 5.41) is 0.693. The van der Waals surface area contributed by atoms with Crippen molar-refractivity contribution in [2.45, 2.75) is 6.42 Å². The number of nitrogens with zero attached hydrogens (tertiary/aromatic N) is 4. The van der Waals surface area contributed by atoms with Gasteiger partial charge < -0.3 is 14.5 Å². The Bertz CT molecular complexity index is 1000. The van der Waals surface area contributed by atoms with E-state index in [2.05, 4.69) is 14.9 Å². The van der Waals surface area contributed by atoms with Crippen molar-refractivity contribution in [3.8, 4) is 5.75 Å². The fraction of sp³-hybridized carbons (Fsp3) is 0.286. The van der Waals surface area contributed by atoms with Gasteiger partial charge in [0, 0.05) is 31.6 Å². The first-order chi connectivity index (χ1) is 13.7. The molecule has 0 bridgehead atoms. The molecule has 0 atom stereocenters. The van der Waals surface area contributed by atoms with E-state index >= 15 is 0 Å². The van der Waals surface area contributed by atoms with Crippen LogP contribution in [-0.2, 0) is 11.2 Å². The predicted molar refractivity (Wildman–Crippen MR) is 105 cm³/mol. The third-order valence-electron chi connectivity index (χ3n) is 5.02. The van der Waals surface area contributed by atoms with Gasteiger partial charge in [-0.25, -0.2) is 14.4 Å². The lowest BCUT2D eigenvalue weighted by Crippen LogP contribution is -2.49. The molecule has 0 saturated carbocycles. The molecule has 144 valence electrons. The highest BCUT2D eigenvalue weighted by Crippen LogP contribution is 2.25. The summed E-state index contributed by atoms with van der Waals surface area (Å²) in [6, 6.07) is 12.5. The summed E-state index contributed by atoms with van der Waals surface area (Å²) >= 11 is 0. The van der Waals surface area contributed by atoms with Gasteiger partial charge in [0.1, 0.15) is 29.2 Å². The first-order valence-electron chi connectivity index (χ1n) is 9.20. The first-order valence-corrected chi connectivity index (χ1v) is 9.20. The lowest BCUT2D eigenvalue weighted by Gasteiger charge is -2.35. The van der Waals surface area contributed by atoms with E-state index in [1.54, 1.807) is 13.2 Å². The molecule has 1 aliphatic heterocycles. The number of methoxy groups -OCH3 is 1. The lowest BCUT2D eigenvalue weighted by atomic mass is 10.1. The van der Waals surface area contributed by atoms with Crippen molar-refractivity contribution >= 4 is 22.6 Å². The van der Waals surface area contributed by atoms with Crippen LogP contribution < -0.4 is 9.64 Å². The minimum absolute atomic E-state index is 0.0893. The molecule has 1 fully saturated rings. The third-order valence-corrected chi connectivity index (χ3v) is 5.02. The number of fused-ring (bicyclic) bond motifs is 1. The number of hydrogen-bond acceptors (Lipinski definition) is 5. The predicted octanol–water partition coefficient (Wildman–Crippen LogP) is 2.67. The van der Waals surface area contributed by atoms with Crippen LogP contribution >= 0.6 is 0 Å². The van der Waals surface area contributed by atoms with Crippen molar-refractivity contribution in [3.05, 3.63) is 60.2 Å². The van der Waals surface area contributed by atoms with Crippen LogP contribution in [0.3, 0.4) is 0 Å². The van der Waals surface area contributed by atoms with Gasteiger partial charge in [-0.1, -0.05) is 18.2 Å². The molecule has 0 radical (unpaired) electrons. The molecule has 1 amide bonds. The number of halogens is 1. The summed E-state index contributed by atoms with van der Waals surface area (Å²) in [5.74, 6) is 1.20. The van der Waals surface area contributed by atoms with Crippen molar-refractivity contribution in [1.82, 2.24) is 14.9 Å². The topological polar surface area (TPSA) is 58.6 Å². The smallest absolute Gasteiger partial charge is 0.227 e. The Morgan fingerprint density at radius 3 is 2.68 bits per heavy atom. The molecular formula is C21H21FN4O2. The van der Waals surface area contributed by atoms with Gasteiger partial charge >= 0.3 is 0 Å². The molecule has 0 aliphatic carbocycles. The van der Waals surface area contributed by atoms with Gasteiger partial charge in [-0.3, -0.25) is 4.79 Å². The number of aromatic nitrogens is 2. The minimum Gasteiger partial charge on any atom is -0.497 e. The van der Waals surface area contributed by atoms with E-state index in [1.807, 2.05) is 35.2 Å². The first kappa shape index (κ1) is 18.2. The minimum atomic E-state index is -0.353. The molecule has 1 aromatic heterocycles. The fourth-order valence-corrected chi connectivity index (χ4v) is 3.53. The van der Waals surface area contributed by atoms with E-state index in [0.29, 0.717) is 49.3 Å². The maximum absolute atomic E-state index is 14.0. The number of ether oxygens (including phenoxy) is 1. The van der Waals surface area contributed by atoms with E-state index in [0.717, 1.165) is 11.3 Å². The maximum Gasteiger partial charge on any atom is 0.227 e. The summed E-state index contributed by atoms with van der Waals surface area (Å²) < 4.78 is 19.2. The molecule has 3 aromatic rings. The molecule has 7 heteroatoms. The number of piperazine rings is 1. The van der Waals surface area contributed by atoms with Gasteiger partial charge in [-0.15, -0.1) is 0 Å². The van der Waals surface area contributed by atoms with Crippen LogP contribution in [0, 0.1) is 5.82 Å². The number of amides is 1. The number of hydrogen-bond donors (Lipinski definition) is 0. The highest BCUT2D eigenvalue weighted by molar-refractivity contribution is 5.89. The fourth-order valence-electron chi connectivity index (χ4n) is 3.53. The van der Waals surface area contributed by atoms with Crippen molar-refractivity contribution in [2.24, 2.45) is 0 Å². The van der Waals surface area contributed by atoms with Crippen LogP contribution in [0.25, 0.3) is 10.9 Å². The van der Waals surface area contributed by atoms with E-state index in [4.69, 9.17) is 4.74 Å². The molecular weight excluding hydrogens is 359 g/mol. The Labute approximate surface area is 162 Å². The van der Waals surface area contributed by atoms with Gasteiger partial charge in [0.2, 0.25) is 5.91 Å². The second kappa shape index (κ2) is 7.80. The number of rotatable bonds is 4. The van der Waals surface area contributed by atoms with Gasteiger partial charge in [0.05, 0.1) is 13.5 Å². The molecule has 1 aliphatic rings. The van der Waals surface area contributed by atoms with Gasteiger partial charge in [0.15, 0.2) is 0 Å². The van der Waals surface area contributed by atoms with E-state index in [1.165, 1.54) is 12.4 Å². The van der Waals surface area contributed by atoms with E-state index < -0.39 is 0 Å². The number of carbonyl (C=O) groups excluding carboxylic acids is 1. The Hall–Kier alpha value is -3.22. The molecule has 4 rings (SSSR count). The average Bonchev–Trinajstić information content (AvgIpc) is 2.74. The van der Waals surface area contributed by atoms with E-state index in [-0.39, 0.29) is 11.7 Å². The zero-order valence-corrected chi connectivity index (χ0v) is 15.6. The Morgan fingerprint density at radius 1 is 1.11 bits per heavy atom. The van der Waals surface area contributed by atoms with Crippen LogP contribution in [0.4, 0.5) is 10.2 Å². The lowest BCUT2D eigenvalue weighted by molar-refractivity contribution is -0.130. The molecule has 1 saturated heterocycles. The second-order valence-corrected chi connectivity index (χ2v) is 6.73. The number of benzene rings is 2. The number of anilines is 1. The highest BCUT2D eigenvalue weighted by Gasteiger charge is 2.23. The van der Waals surface area contributed by atoms with E-state index in [9.17, 15) is 9.18 Å². The normalized spacial score (nSPS) is 14.4. The third kappa shape index (κ3) is 3.60. The molecule has 0 unspecified atom stereocenters. The highest BCUT2D eigenvalue weighted by atomic mass is 19.1. The summed E-state index contributed by atoms with van der Waals surface area (Å²) in [6.45, 7) is 2.49. The molecule has 6 nitrogen and oxygen atoms in total. The SMILES string of the molecule is COc1cccc(CC(=O)N2CCN(c3ncnc4c(F)cccc34)CC2)c1. The monoisotopic (exact) mass is 380 g/mol. The summed E-state index contributed by atoms with van der Waals surface area (Å²) in [7, 11) is 1.61. The quantitative estimate of drug-likeness (QED) is 0.697. The van der Waals surface area contributed by atoms with Crippen LogP contribution in [0.2, 0.25) is 0 Å². The zero-order chi connectivity index (χ0) is 19.5. The van der Waals surface area contributed by atoms with Gasteiger partial charge in [-0.2, -0.15) is 0 Å². The van der Waals surface area contributed by atoms with Crippen molar-refractivity contribution < 1.29 is 13.9 Å². The van der Waals surface area contributed by atoms with Crippen molar-refractivity contribution in [3.63, 3.8) is 0 Å². The van der Waals surface area contributed by atoms with Crippen molar-refractivity contribution in [1.29, 1.82) is 0 Å². The zero-order valence-electron chi connectivity index (χ0n) is 15.6. The standard InChI is InChI=1S/C21H21FN4O2/c1-28-16-5-2-4-15(12-16)13-19(27)25-8-10-26(11-9-25)21-17-6-3-7-18(22)20(17)23-14-24-21/h2-7,12,14H,8-11,13H2,1H3. The molecule has 0 spiro atoms. The Balaban J connectivity index is 1.43. The van der Waals surface area contributed by atoms with Gasteiger partial charge in [0.25, 0.3) is 0 Å². The Morgan fingerprint density at radius 2 is 1.89 bits per heavy atom. The maximum atomic E-state index is 14.0. The second-order valence-electron chi connectivity index (χ2n) is 6.73. The van der Waals surface area contributed by atoms with Crippen LogP contribution in [0.1, 0.15) is 5.56 Å². The summed E-state index contributed by atoms with van der Waals surface area (Å²) in [6.07, 6.45) is 1.74. The molecule has 0 N–H and O–H groups in total. The largest absolute Gasteiger partial charge is 0.497 e. The summed E-state index contributed by atoms with van der Waals surface area (Å²) in [5.41, 5.74) is 1.26. The molecule has 28 heavy (non-hydrogen) atoms. The van der Waals surface area contributed by atoms with Crippen LogP contribution in [0.15, 0.2) is 48.8 Å². The van der Waals surface area contributed by atoms with Crippen LogP contribution in [0.5, 0.6) is 5.75 Å². The average molecular weight is 380 g/mol. The number of carbonyl (C=O) groups is 1. The van der Waals surface area contributed by atoms with Crippen LogP contribution in [-0.4, -0.2) is 54.1 Å². The Kier molecular flexibility index (Phi) is 5.06. The number of para-hydroxylation sites is 1. The molecule has 2 heterocycles.